The van der Waals surface area contributed by atoms with E-state index in [-0.39, 0.29) is 11.4 Å². The predicted molar refractivity (Wildman–Crippen MR) is 47.0 cm³/mol. The Morgan fingerprint density at radius 3 is 2.31 bits per heavy atom. The highest BCUT2D eigenvalue weighted by atomic mass is 19.4. The van der Waals surface area contributed by atoms with Crippen molar-refractivity contribution in [2.75, 3.05) is 11.9 Å². The van der Waals surface area contributed by atoms with Crippen LogP contribution >= 0.6 is 0 Å². The van der Waals surface area contributed by atoms with Gasteiger partial charge in [-0.05, 0) is 24.3 Å². The molecule has 0 radical (unpaired) electrons. The Bertz CT molecular complexity index is 361. The van der Waals surface area contributed by atoms with Crippen LogP contribution in [0.4, 0.5) is 23.7 Å². The molecule has 7 heteroatoms. The van der Waals surface area contributed by atoms with Gasteiger partial charge in [-0.3, -0.25) is 0 Å². The van der Waals surface area contributed by atoms with E-state index < -0.39 is 18.9 Å². The number of carboxylic acid groups (broad SMARTS) is 1. The van der Waals surface area contributed by atoms with Gasteiger partial charge in [0.05, 0.1) is 0 Å². The van der Waals surface area contributed by atoms with Gasteiger partial charge in [-0.25, -0.2) is 0 Å². The maximum Gasteiger partial charge on any atom is 0.422 e. The summed E-state index contributed by atoms with van der Waals surface area (Å²) in [5, 5.41) is 12.0. The number of ether oxygens (including phenoxy) is 1. The molecule has 4 nitrogen and oxygen atoms in total. The van der Waals surface area contributed by atoms with E-state index in [1.54, 1.807) is 0 Å². The third kappa shape index (κ3) is 4.54. The number of alkyl halides is 3. The van der Waals surface area contributed by atoms with Gasteiger partial charge in [0.25, 0.3) is 0 Å². The predicted octanol–water partition coefficient (Wildman–Crippen LogP) is 1.38. The molecule has 0 fully saturated rings. The van der Waals surface area contributed by atoms with E-state index in [9.17, 15) is 23.1 Å². The summed E-state index contributed by atoms with van der Waals surface area (Å²) in [4.78, 5) is 10.1. The van der Waals surface area contributed by atoms with Crippen LogP contribution in [-0.4, -0.2) is 18.9 Å². The van der Waals surface area contributed by atoms with Crippen LogP contribution in [0, 0.1) is 0 Å². The molecule has 88 valence electrons. The number of benzene rings is 1. The van der Waals surface area contributed by atoms with Gasteiger partial charge in [0.1, 0.15) is 11.8 Å². The standard InChI is InChI=1S/C9H8F3NO3/c10-9(11,12)5-16-7-3-1-6(2-4-7)13-8(14)15/h1-4,13H,5H2,(H,14,15)/p-1. The van der Waals surface area contributed by atoms with Crippen LogP contribution in [0.15, 0.2) is 24.3 Å². The highest BCUT2D eigenvalue weighted by molar-refractivity contribution is 5.81. The first-order valence-electron chi connectivity index (χ1n) is 4.14. The van der Waals surface area contributed by atoms with Crippen LogP contribution in [0.25, 0.3) is 0 Å². The average molecular weight is 234 g/mol. The summed E-state index contributed by atoms with van der Waals surface area (Å²) in [6.45, 7) is -1.39. The van der Waals surface area contributed by atoms with E-state index >= 15 is 0 Å². The summed E-state index contributed by atoms with van der Waals surface area (Å²) >= 11 is 0. The monoisotopic (exact) mass is 234 g/mol. The van der Waals surface area contributed by atoms with Gasteiger partial charge in [0.15, 0.2) is 6.61 Å². The molecule has 1 amide bonds. The van der Waals surface area contributed by atoms with E-state index in [0.717, 1.165) is 0 Å². The lowest BCUT2D eigenvalue weighted by molar-refractivity contribution is -0.242. The third-order valence-corrected chi connectivity index (χ3v) is 1.50. The number of amides is 1. The molecule has 0 spiro atoms. The molecule has 0 aliphatic rings. The van der Waals surface area contributed by atoms with Crippen molar-refractivity contribution in [3.8, 4) is 5.75 Å². The lowest BCUT2D eigenvalue weighted by Crippen LogP contribution is -2.28. The molecule has 0 heterocycles. The number of nitrogens with one attached hydrogen (secondary N) is 1. The smallest absolute Gasteiger partial charge is 0.422 e. The number of rotatable bonds is 3. The van der Waals surface area contributed by atoms with Crippen LogP contribution in [0.1, 0.15) is 0 Å². The second-order valence-electron chi connectivity index (χ2n) is 2.84. The molecule has 16 heavy (non-hydrogen) atoms. The molecule has 0 aromatic heterocycles. The van der Waals surface area contributed by atoms with Crippen molar-refractivity contribution in [2.45, 2.75) is 6.18 Å². The Labute approximate surface area is 88.6 Å². The molecule has 1 aromatic carbocycles. The minimum atomic E-state index is -4.40. The van der Waals surface area contributed by atoms with Gasteiger partial charge in [0.2, 0.25) is 0 Å². The van der Waals surface area contributed by atoms with Crippen molar-refractivity contribution in [3.05, 3.63) is 24.3 Å². The summed E-state index contributed by atoms with van der Waals surface area (Å²) in [5.41, 5.74) is 0.194. The first-order valence-corrected chi connectivity index (χ1v) is 4.14. The van der Waals surface area contributed by atoms with Crippen LogP contribution in [0.2, 0.25) is 0 Å². The number of hydrogen-bond acceptors (Lipinski definition) is 3. The molecule has 0 unspecified atom stereocenters. The summed E-state index contributed by atoms with van der Waals surface area (Å²) in [6, 6.07) is 4.97. The zero-order valence-electron chi connectivity index (χ0n) is 7.88. The lowest BCUT2D eigenvalue weighted by atomic mass is 10.3. The van der Waals surface area contributed by atoms with Gasteiger partial charge in [-0.2, -0.15) is 13.2 Å². The Balaban J connectivity index is 2.55. The fraction of sp³-hybridized carbons (Fsp3) is 0.222. The SMILES string of the molecule is O=C([O-])Nc1ccc(OCC(F)(F)F)cc1. The van der Waals surface area contributed by atoms with E-state index in [1.165, 1.54) is 24.3 Å². The van der Waals surface area contributed by atoms with Crippen molar-refractivity contribution in [1.82, 2.24) is 0 Å². The number of hydrogen-bond donors (Lipinski definition) is 1. The molecule has 0 saturated carbocycles. The number of carbonyl (C=O) groups excluding carboxylic acids is 1. The van der Waals surface area contributed by atoms with Gasteiger partial charge < -0.3 is 20.0 Å². The fourth-order valence-corrected chi connectivity index (χ4v) is 0.918. The van der Waals surface area contributed by atoms with Crippen LogP contribution in [0.3, 0.4) is 0 Å². The number of carbonyl (C=O) groups is 1. The molecule has 1 rings (SSSR count). The fourth-order valence-electron chi connectivity index (χ4n) is 0.918. The average Bonchev–Trinajstić information content (AvgIpc) is 2.14. The molecule has 1 N–H and O–H groups in total. The Morgan fingerprint density at radius 1 is 1.31 bits per heavy atom. The maximum atomic E-state index is 11.8. The van der Waals surface area contributed by atoms with Gasteiger partial charge in [-0.1, -0.05) is 0 Å². The molecule has 0 aliphatic carbocycles. The minimum absolute atomic E-state index is 0.00113. The summed E-state index contributed by atoms with van der Waals surface area (Å²) in [5.74, 6) is 0.00113. The number of anilines is 1. The van der Waals surface area contributed by atoms with E-state index in [2.05, 4.69) is 4.74 Å². The van der Waals surface area contributed by atoms with E-state index in [0.29, 0.717) is 0 Å². The van der Waals surface area contributed by atoms with Crippen molar-refractivity contribution >= 4 is 11.8 Å². The van der Waals surface area contributed by atoms with Crippen molar-refractivity contribution in [1.29, 1.82) is 0 Å². The zero-order chi connectivity index (χ0) is 12.2. The van der Waals surface area contributed by atoms with Gasteiger partial charge in [0, 0.05) is 5.69 Å². The molecule has 1 aromatic rings. The summed E-state index contributed by atoms with van der Waals surface area (Å²) in [6.07, 6.45) is -5.90. The zero-order valence-corrected chi connectivity index (χ0v) is 7.88. The van der Waals surface area contributed by atoms with E-state index in [1.807, 2.05) is 5.32 Å². The van der Waals surface area contributed by atoms with Crippen molar-refractivity contribution in [3.63, 3.8) is 0 Å². The van der Waals surface area contributed by atoms with Crippen LogP contribution in [0.5, 0.6) is 5.75 Å². The normalized spacial score (nSPS) is 10.9. The van der Waals surface area contributed by atoms with Crippen molar-refractivity contribution < 1.29 is 27.8 Å². The Kier molecular flexibility index (Phi) is 3.60. The molecule has 0 bridgehead atoms. The first kappa shape index (κ1) is 12.2. The van der Waals surface area contributed by atoms with Crippen LogP contribution in [-0.2, 0) is 0 Å². The maximum absolute atomic E-state index is 11.8. The molecule has 0 saturated heterocycles. The second-order valence-corrected chi connectivity index (χ2v) is 2.84. The largest absolute Gasteiger partial charge is 0.530 e. The molecular weight excluding hydrogens is 227 g/mol. The quantitative estimate of drug-likeness (QED) is 0.859. The summed E-state index contributed by atoms with van der Waals surface area (Å²) in [7, 11) is 0. The Morgan fingerprint density at radius 2 is 1.88 bits per heavy atom. The molecule has 0 aliphatic heterocycles. The summed E-state index contributed by atoms with van der Waals surface area (Å²) < 4.78 is 39.7. The minimum Gasteiger partial charge on any atom is -0.530 e. The first-order chi connectivity index (χ1) is 7.37. The van der Waals surface area contributed by atoms with Gasteiger partial charge >= 0.3 is 6.18 Å². The molecule has 0 atom stereocenters. The third-order valence-electron chi connectivity index (χ3n) is 1.50. The van der Waals surface area contributed by atoms with E-state index in [4.69, 9.17) is 0 Å². The Hall–Kier alpha value is -1.92. The lowest BCUT2D eigenvalue weighted by Gasteiger charge is -2.10. The topological polar surface area (TPSA) is 61.4 Å². The molecular formula is C9H7F3NO3-. The highest BCUT2D eigenvalue weighted by Gasteiger charge is 2.28. The number of halogens is 3. The van der Waals surface area contributed by atoms with Crippen LogP contribution < -0.4 is 15.2 Å². The van der Waals surface area contributed by atoms with Crippen molar-refractivity contribution in [2.24, 2.45) is 0 Å². The highest BCUT2D eigenvalue weighted by Crippen LogP contribution is 2.20. The second kappa shape index (κ2) is 4.73. The van der Waals surface area contributed by atoms with Gasteiger partial charge in [-0.15, -0.1) is 0 Å².